The molecule has 0 amide bonds. The van der Waals surface area contributed by atoms with Crippen LogP contribution in [-0.2, 0) is 4.74 Å². The van der Waals surface area contributed by atoms with Crippen LogP contribution in [0.2, 0.25) is 0 Å². The Labute approximate surface area is 103 Å². The second-order valence-electron chi connectivity index (χ2n) is 4.40. The zero-order chi connectivity index (χ0) is 12.1. The van der Waals surface area contributed by atoms with E-state index in [4.69, 9.17) is 9.15 Å². The molecular formula is C15H19O2. The van der Waals surface area contributed by atoms with Gasteiger partial charge in [-0.05, 0) is 23.6 Å². The van der Waals surface area contributed by atoms with Crippen LogP contribution in [0.1, 0.15) is 31.2 Å². The van der Waals surface area contributed by atoms with Crippen molar-refractivity contribution in [3.8, 4) is 11.1 Å². The summed E-state index contributed by atoms with van der Waals surface area (Å²) >= 11 is 0. The Morgan fingerprint density at radius 1 is 1.35 bits per heavy atom. The molecule has 0 saturated carbocycles. The highest BCUT2D eigenvalue weighted by molar-refractivity contribution is 5.70. The van der Waals surface area contributed by atoms with Crippen molar-refractivity contribution in [1.82, 2.24) is 0 Å². The maximum absolute atomic E-state index is 5.65. The molecule has 1 unspecified atom stereocenters. The summed E-state index contributed by atoms with van der Waals surface area (Å²) in [7, 11) is 0. The van der Waals surface area contributed by atoms with Gasteiger partial charge < -0.3 is 9.15 Å². The second-order valence-corrected chi connectivity index (χ2v) is 4.40. The van der Waals surface area contributed by atoms with Gasteiger partial charge in [0.05, 0.1) is 19.1 Å². The summed E-state index contributed by atoms with van der Waals surface area (Å²) in [5, 5.41) is 0. The third-order valence-electron chi connectivity index (χ3n) is 3.01. The maximum Gasteiger partial charge on any atom is 0.0979 e. The van der Waals surface area contributed by atoms with E-state index in [9.17, 15) is 0 Å². The number of ether oxygens (including phenoxy) is 1. The van der Waals surface area contributed by atoms with Crippen LogP contribution in [-0.4, -0.2) is 13.2 Å². The molecule has 0 aromatic carbocycles. The molecule has 2 aliphatic rings. The average Bonchev–Trinajstić information content (AvgIpc) is 2.78. The first-order chi connectivity index (χ1) is 8.33. The van der Waals surface area contributed by atoms with Crippen molar-refractivity contribution >= 4 is 0 Å². The summed E-state index contributed by atoms with van der Waals surface area (Å²) in [6.45, 7) is 7.58. The molecule has 0 saturated heterocycles. The van der Waals surface area contributed by atoms with E-state index in [1.807, 2.05) is 6.07 Å². The Kier molecular flexibility index (Phi) is 4.21. The molecule has 1 aliphatic carbocycles. The fraction of sp³-hybridized carbons (Fsp3) is 0.400. The fourth-order valence-corrected chi connectivity index (χ4v) is 2.02. The largest absolute Gasteiger partial charge is 0.472 e. The smallest absolute Gasteiger partial charge is 0.0979 e. The zero-order valence-electron chi connectivity index (χ0n) is 10.3. The summed E-state index contributed by atoms with van der Waals surface area (Å²) in [6.07, 6.45) is 5.49. The molecule has 2 heteroatoms. The van der Waals surface area contributed by atoms with E-state index < -0.39 is 0 Å². The Bertz CT molecular complexity index is 419. The normalized spacial score (nSPS) is 13.1. The lowest BCUT2D eigenvalue weighted by atomic mass is 9.99. The number of rotatable bonds is 6. The van der Waals surface area contributed by atoms with E-state index in [0.29, 0.717) is 5.92 Å². The third-order valence-corrected chi connectivity index (χ3v) is 3.01. The number of hydrogen-bond donors (Lipinski definition) is 0. The Morgan fingerprint density at radius 2 is 2.24 bits per heavy atom. The van der Waals surface area contributed by atoms with Crippen LogP contribution < -0.4 is 0 Å². The summed E-state index contributed by atoms with van der Waals surface area (Å²) in [5.74, 6) is 0.416. The van der Waals surface area contributed by atoms with E-state index in [0.717, 1.165) is 31.6 Å². The van der Waals surface area contributed by atoms with Crippen molar-refractivity contribution in [3.63, 3.8) is 0 Å². The molecule has 91 valence electrons. The molecule has 0 aromatic heterocycles. The molecule has 0 bridgehead atoms. The monoisotopic (exact) mass is 231 g/mol. The lowest BCUT2D eigenvalue weighted by molar-refractivity contribution is 0.122. The van der Waals surface area contributed by atoms with Crippen LogP contribution in [0.3, 0.4) is 0 Å². The molecule has 2 nitrogen and oxygen atoms in total. The highest BCUT2D eigenvalue weighted by Gasteiger charge is 2.14. The van der Waals surface area contributed by atoms with Gasteiger partial charge in [0.25, 0.3) is 0 Å². The van der Waals surface area contributed by atoms with Gasteiger partial charge in [-0.1, -0.05) is 32.4 Å². The van der Waals surface area contributed by atoms with Gasteiger partial charge in [-0.25, -0.2) is 0 Å². The van der Waals surface area contributed by atoms with Crippen LogP contribution in [0.15, 0.2) is 35.1 Å². The molecular weight excluding hydrogens is 212 g/mol. The third kappa shape index (κ3) is 2.89. The van der Waals surface area contributed by atoms with Gasteiger partial charge in [0.15, 0.2) is 0 Å². The first kappa shape index (κ1) is 12.2. The van der Waals surface area contributed by atoms with Crippen LogP contribution in [0.25, 0.3) is 11.1 Å². The summed E-state index contributed by atoms with van der Waals surface area (Å²) in [6, 6.07) is 6.29. The number of hydrogen-bond acceptors (Lipinski definition) is 2. The van der Waals surface area contributed by atoms with Gasteiger partial charge in [-0.2, -0.15) is 0 Å². The first-order valence-corrected chi connectivity index (χ1v) is 6.14. The fourth-order valence-electron chi connectivity index (χ4n) is 2.02. The van der Waals surface area contributed by atoms with Gasteiger partial charge in [0.2, 0.25) is 0 Å². The number of unbranched alkanes of at least 4 members (excludes halogenated alkanes) is 1. The van der Waals surface area contributed by atoms with Crippen LogP contribution in [0, 0.1) is 6.92 Å². The molecule has 0 spiro atoms. The minimum atomic E-state index is 0.416. The predicted octanol–water partition coefficient (Wildman–Crippen LogP) is 4.12. The topological polar surface area (TPSA) is 22.4 Å². The summed E-state index contributed by atoms with van der Waals surface area (Å²) < 4.78 is 10.8. The minimum Gasteiger partial charge on any atom is -0.472 e. The van der Waals surface area contributed by atoms with E-state index in [1.54, 1.807) is 12.5 Å². The Balaban J connectivity index is 1.97. The van der Waals surface area contributed by atoms with Crippen molar-refractivity contribution in [1.29, 1.82) is 0 Å². The first-order valence-electron chi connectivity index (χ1n) is 6.14. The predicted molar refractivity (Wildman–Crippen MR) is 69.2 cm³/mol. The number of fused-ring (bicyclic) bond motifs is 1. The standard InChI is InChI=1S/C15H19O2/c1-3-4-8-16-10-12(2)14-6-5-13-11-17-9-7-15(13)14/h5-7,9,11-12H,1,3-4,8,10H2,2H3. The molecule has 0 N–H and O–H groups in total. The molecule has 17 heavy (non-hydrogen) atoms. The molecule has 1 aliphatic heterocycles. The lowest BCUT2D eigenvalue weighted by Gasteiger charge is -2.13. The van der Waals surface area contributed by atoms with E-state index in [1.165, 1.54) is 11.1 Å². The molecule has 1 radical (unpaired) electrons. The van der Waals surface area contributed by atoms with Crippen LogP contribution in [0.4, 0.5) is 0 Å². The highest BCUT2D eigenvalue weighted by Crippen LogP contribution is 2.32. The molecule has 0 aromatic rings. The summed E-state index contributed by atoms with van der Waals surface area (Å²) in [5.41, 5.74) is 3.77. The quantitative estimate of drug-likeness (QED) is 0.698. The van der Waals surface area contributed by atoms with E-state index in [-0.39, 0.29) is 0 Å². The van der Waals surface area contributed by atoms with Gasteiger partial charge in [0, 0.05) is 18.1 Å². The Hall–Kier alpha value is -1.28. The zero-order valence-corrected chi connectivity index (χ0v) is 10.3. The van der Waals surface area contributed by atoms with Gasteiger partial charge in [-0.15, -0.1) is 0 Å². The molecule has 0 fully saturated rings. The van der Waals surface area contributed by atoms with Gasteiger partial charge in [0.1, 0.15) is 0 Å². The van der Waals surface area contributed by atoms with Crippen molar-refractivity contribution in [3.05, 3.63) is 43.2 Å². The minimum absolute atomic E-state index is 0.416. The van der Waals surface area contributed by atoms with E-state index in [2.05, 4.69) is 26.0 Å². The van der Waals surface area contributed by atoms with Crippen molar-refractivity contribution in [2.45, 2.75) is 25.7 Å². The van der Waals surface area contributed by atoms with Crippen molar-refractivity contribution in [2.24, 2.45) is 0 Å². The molecule has 1 heterocycles. The lowest BCUT2D eigenvalue weighted by Crippen LogP contribution is -2.05. The average molecular weight is 231 g/mol. The highest BCUT2D eigenvalue weighted by atomic mass is 16.5. The SMILES string of the molecule is [CH2]CCCOCC(C)c1ccc2coccc1-2. The van der Waals surface area contributed by atoms with Crippen LogP contribution in [0.5, 0.6) is 0 Å². The summed E-state index contributed by atoms with van der Waals surface area (Å²) in [4.78, 5) is 0. The second kappa shape index (κ2) is 5.87. The molecule has 2 rings (SSSR count). The maximum atomic E-state index is 5.65. The van der Waals surface area contributed by atoms with E-state index >= 15 is 0 Å². The molecule has 1 atom stereocenters. The van der Waals surface area contributed by atoms with Crippen molar-refractivity contribution in [2.75, 3.05) is 13.2 Å². The Morgan fingerprint density at radius 3 is 3.06 bits per heavy atom. The van der Waals surface area contributed by atoms with Crippen molar-refractivity contribution < 1.29 is 9.15 Å². The van der Waals surface area contributed by atoms with Crippen LogP contribution >= 0.6 is 0 Å². The van der Waals surface area contributed by atoms with Gasteiger partial charge >= 0.3 is 0 Å². The van der Waals surface area contributed by atoms with Gasteiger partial charge in [-0.3, -0.25) is 0 Å².